The van der Waals surface area contributed by atoms with E-state index in [1.54, 1.807) is 0 Å². The molecule has 1 aliphatic heterocycles. The van der Waals surface area contributed by atoms with Crippen LogP contribution in [0.1, 0.15) is 26.7 Å². The normalized spacial score (nSPS) is 21.1. The molecule has 0 aromatic rings. The summed E-state index contributed by atoms with van der Waals surface area (Å²) in [5, 5.41) is 0. The zero-order chi connectivity index (χ0) is 6.69. The van der Waals surface area contributed by atoms with Crippen LogP contribution in [-0.4, -0.2) is 18.0 Å². The number of likely N-dealkylation sites (tertiary alicyclic amines) is 1. The van der Waals surface area contributed by atoms with Gasteiger partial charge in [-0.2, -0.15) is 0 Å². The summed E-state index contributed by atoms with van der Waals surface area (Å²) < 4.78 is 0. The molecule has 0 bridgehead atoms. The minimum absolute atomic E-state index is 1.27. The van der Waals surface area contributed by atoms with Crippen LogP contribution in [0.3, 0.4) is 0 Å². The SMILES string of the molecule is C/C=C(/C)N1CCCC1. The van der Waals surface area contributed by atoms with Crippen molar-refractivity contribution in [1.82, 2.24) is 4.90 Å². The molecule has 1 rings (SSSR count). The summed E-state index contributed by atoms with van der Waals surface area (Å²) in [6.45, 7) is 6.84. The Balaban J connectivity index is 2.42. The molecule has 0 N–H and O–H groups in total. The lowest BCUT2D eigenvalue weighted by molar-refractivity contribution is 0.427. The van der Waals surface area contributed by atoms with Gasteiger partial charge in [0.25, 0.3) is 0 Å². The Morgan fingerprint density at radius 1 is 1.33 bits per heavy atom. The van der Waals surface area contributed by atoms with E-state index in [2.05, 4.69) is 24.8 Å². The van der Waals surface area contributed by atoms with E-state index in [9.17, 15) is 0 Å². The average Bonchev–Trinajstić information content (AvgIpc) is 2.37. The summed E-state index contributed by atoms with van der Waals surface area (Å²) in [6, 6.07) is 0. The van der Waals surface area contributed by atoms with Crippen LogP contribution < -0.4 is 0 Å². The number of hydrogen-bond acceptors (Lipinski definition) is 1. The van der Waals surface area contributed by atoms with Crippen molar-refractivity contribution in [2.45, 2.75) is 26.7 Å². The topological polar surface area (TPSA) is 3.24 Å². The Hall–Kier alpha value is -0.460. The molecule has 0 aliphatic carbocycles. The van der Waals surface area contributed by atoms with Crippen molar-refractivity contribution in [1.29, 1.82) is 0 Å². The monoisotopic (exact) mass is 125 g/mol. The number of nitrogens with zero attached hydrogens (tertiary/aromatic N) is 1. The van der Waals surface area contributed by atoms with E-state index >= 15 is 0 Å². The third-order valence-corrected chi connectivity index (χ3v) is 2.02. The van der Waals surface area contributed by atoms with E-state index in [0.29, 0.717) is 0 Å². The van der Waals surface area contributed by atoms with Crippen LogP contribution in [0.4, 0.5) is 0 Å². The van der Waals surface area contributed by atoms with Gasteiger partial charge in [0.1, 0.15) is 0 Å². The molecular formula is C8H15N. The van der Waals surface area contributed by atoms with E-state index in [1.165, 1.54) is 31.6 Å². The highest BCUT2D eigenvalue weighted by Crippen LogP contribution is 2.12. The van der Waals surface area contributed by atoms with E-state index in [-0.39, 0.29) is 0 Å². The van der Waals surface area contributed by atoms with Gasteiger partial charge in [-0.15, -0.1) is 0 Å². The summed E-state index contributed by atoms with van der Waals surface area (Å²) in [7, 11) is 0. The lowest BCUT2D eigenvalue weighted by Gasteiger charge is -2.16. The maximum absolute atomic E-state index is 2.44. The van der Waals surface area contributed by atoms with Gasteiger partial charge in [0.15, 0.2) is 0 Å². The summed E-state index contributed by atoms with van der Waals surface area (Å²) in [5.74, 6) is 0. The highest BCUT2D eigenvalue weighted by Gasteiger charge is 2.09. The van der Waals surface area contributed by atoms with Crippen molar-refractivity contribution in [3.05, 3.63) is 11.8 Å². The molecule has 1 fully saturated rings. The number of allylic oxidation sites excluding steroid dienone is 2. The van der Waals surface area contributed by atoms with Gasteiger partial charge in [0, 0.05) is 18.8 Å². The van der Waals surface area contributed by atoms with E-state index in [1.807, 2.05) is 0 Å². The third kappa shape index (κ3) is 1.47. The zero-order valence-electron chi connectivity index (χ0n) is 6.35. The fourth-order valence-electron chi connectivity index (χ4n) is 1.25. The molecule has 1 saturated heterocycles. The minimum Gasteiger partial charge on any atom is -0.375 e. The van der Waals surface area contributed by atoms with Crippen LogP contribution in [0.15, 0.2) is 11.8 Å². The van der Waals surface area contributed by atoms with Crippen molar-refractivity contribution in [3.63, 3.8) is 0 Å². The van der Waals surface area contributed by atoms with Gasteiger partial charge in [0.2, 0.25) is 0 Å². The van der Waals surface area contributed by atoms with E-state index < -0.39 is 0 Å². The summed E-state index contributed by atoms with van der Waals surface area (Å²) in [6.07, 6.45) is 4.95. The molecule has 0 atom stereocenters. The van der Waals surface area contributed by atoms with Crippen LogP contribution >= 0.6 is 0 Å². The lowest BCUT2D eigenvalue weighted by atomic mass is 10.4. The quantitative estimate of drug-likeness (QED) is 0.518. The van der Waals surface area contributed by atoms with Crippen LogP contribution in [0.5, 0.6) is 0 Å². The average molecular weight is 125 g/mol. The lowest BCUT2D eigenvalue weighted by Crippen LogP contribution is -2.15. The van der Waals surface area contributed by atoms with Gasteiger partial charge in [0.05, 0.1) is 0 Å². The summed E-state index contributed by atoms with van der Waals surface area (Å²) in [4.78, 5) is 2.44. The van der Waals surface area contributed by atoms with Gasteiger partial charge >= 0.3 is 0 Å². The van der Waals surface area contributed by atoms with Gasteiger partial charge in [-0.3, -0.25) is 0 Å². The van der Waals surface area contributed by atoms with Crippen molar-refractivity contribution < 1.29 is 0 Å². The maximum atomic E-state index is 2.44. The minimum atomic E-state index is 1.27. The first-order valence-electron chi connectivity index (χ1n) is 3.72. The van der Waals surface area contributed by atoms with Crippen molar-refractivity contribution in [3.8, 4) is 0 Å². The predicted octanol–water partition coefficient (Wildman–Crippen LogP) is 2.01. The van der Waals surface area contributed by atoms with E-state index in [4.69, 9.17) is 0 Å². The van der Waals surface area contributed by atoms with Crippen molar-refractivity contribution >= 4 is 0 Å². The molecule has 0 saturated carbocycles. The Kier molecular flexibility index (Phi) is 2.15. The largest absolute Gasteiger partial charge is 0.375 e. The second-order valence-electron chi connectivity index (χ2n) is 2.62. The highest BCUT2D eigenvalue weighted by molar-refractivity contribution is 4.96. The smallest absolute Gasteiger partial charge is 0.0175 e. The molecule has 0 aromatic carbocycles. The van der Waals surface area contributed by atoms with Crippen molar-refractivity contribution in [2.75, 3.05) is 13.1 Å². The Morgan fingerprint density at radius 2 is 1.89 bits per heavy atom. The maximum Gasteiger partial charge on any atom is 0.0175 e. The molecule has 1 heterocycles. The van der Waals surface area contributed by atoms with Crippen molar-refractivity contribution in [2.24, 2.45) is 0 Å². The Labute approximate surface area is 57.4 Å². The number of rotatable bonds is 1. The van der Waals surface area contributed by atoms with Crippen LogP contribution in [0, 0.1) is 0 Å². The first kappa shape index (κ1) is 6.66. The predicted molar refractivity (Wildman–Crippen MR) is 40.2 cm³/mol. The molecule has 1 aliphatic rings. The van der Waals surface area contributed by atoms with Gasteiger partial charge in [-0.25, -0.2) is 0 Å². The van der Waals surface area contributed by atoms with Gasteiger partial charge in [-0.05, 0) is 26.7 Å². The Bertz CT molecular complexity index is 110. The fraction of sp³-hybridized carbons (Fsp3) is 0.750. The summed E-state index contributed by atoms with van der Waals surface area (Å²) in [5.41, 5.74) is 1.44. The van der Waals surface area contributed by atoms with Gasteiger partial charge < -0.3 is 4.90 Å². The molecule has 52 valence electrons. The Morgan fingerprint density at radius 3 is 2.33 bits per heavy atom. The molecule has 0 amide bonds. The molecule has 0 spiro atoms. The number of hydrogen-bond donors (Lipinski definition) is 0. The van der Waals surface area contributed by atoms with E-state index in [0.717, 1.165) is 0 Å². The first-order chi connectivity index (χ1) is 4.34. The third-order valence-electron chi connectivity index (χ3n) is 2.02. The molecule has 9 heavy (non-hydrogen) atoms. The second kappa shape index (κ2) is 2.90. The second-order valence-corrected chi connectivity index (χ2v) is 2.62. The van der Waals surface area contributed by atoms with Gasteiger partial charge in [-0.1, -0.05) is 6.08 Å². The highest BCUT2D eigenvalue weighted by atomic mass is 15.1. The molecule has 0 aromatic heterocycles. The summed E-state index contributed by atoms with van der Waals surface area (Å²) >= 11 is 0. The fourth-order valence-corrected chi connectivity index (χ4v) is 1.25. The zero-order valence-corrected chi connectivity index (χ0v) is 6.35. The first-order valence-corrected chi connectivity index (χ1v) is 3.72. The standard InChI is InChI=1S/C8H15N/c1-3-8(2)9-6-4-5-7-9/h3H,4-7H2,1-2H3/b8-3-. The molecule has 0 unspecified atom stereocenters. The van der Waals surface area contributed by atoms with Crippen LogP contribution in [0.25, 0.3) is 0 Å². The molecular weight excluding hydrogens is 110 g/mol. The molecule has 1 nitrogen and oxygen atoms in total. The van der Waals surface area contributed by atoms with Crippen LogP contribution in [-0.2, 0) is 0 Å². The molecule has 0 radical (unpaired) electrons. The molecule has 1 heteroatoms. The van der Waals surface area contributed by atoms with Crippen LogP contribution in [0.2, 0.25) is 0 Å².